The highest BCUT2D eigenvalue weighted by atomic mass is 16.6. The number of nitrogens with zero attached hydrogens (tertiary/aromatic N) is 3. The second kappa shape index (κ2) is 7.93. The lowest BCUT2D eigenvalue weighted by atomic mass is 9.95. The van der Waals surface area contributed by atoms with E-state index >= 15 is 0 Å². The molecule has 2 heterocycles. The molecule has 1 aromatic carbocycles. The number of carbonyl (C=O) groups excluding carboxylic acids is 1. The van der Waals surface area contributed by atoms with Crippen molar-refractivity contribution >= 4 is 11.6 Å². The first kappa shape index (κ1) is 17.8. The van der Waals surface area contributed by atoms with E-state index in [4.69, 9.17) is 4.74 Å². The van der Waals surface area contributed by atoms with Crippen LogP contribution in [0.4, 0.5) is 5.69 Å². The van der Waals surface area contributed by atoms with Crippen molar-refractivity contribution < 1.29 is 14.5 Å². The van der Waals surface area contributed by atoms with Gasteiger partial charge in [0.2, 0.25) is 0 Å². The van der Waals surface area contributed by atoms with Crippen LogP contribution in [0.15, 0.2) is 18.2 Å². The van der Waals surface area contributed by atoms with Crippen molar-refractivity contribution in [2.24, 2.45) is 5.92 Å². The zero-order valence-electron chi connectivity index (χ0n) is 14.6. The van der Waals surface area contributed by atoms with Crippen molar-refractivity contribution in [3.63, 3.8) is 0 Å². The molecule has 0 radical (unpaired) electrons. The van der Waals surface area contributed by atoms with Gasteiger partial charge in [-0.3, -0.25) is 19.8 Å². The highest BCUT2D eigenvalue weighted by Crippen LogP contribution is 2.23. The lowest BCUT2D eigenvalue weighted by Crippen LogP contribution is -2.44. The topological polar surface area (TPSA) is 75.9 Å². The molecule has 7 heteroatoms. The molecule has 0 saturated carbocycles. The van der Waals surface area contributed by atoms with Crippen LogP contribution in [0.25, 0.3) is 0 Å². The molecule has 2 fully saturated rings. The van der Waals surface area contributed by atoms with Gasteiger partial charge in [0.15, 0.2) is 0 Å². The van der Waals surface area contributed by atoms with Gasteiger partial charge in [-0.2, -0.15) is 0 Å². The van der Waals surface area contributed by atoms with E-state index in [0.29, 0.717) is 17.0 Å². The Kier molecular flexibility index (Phi) is 5.65. The standard InChI is InChI=1S/C18H25N3O4/c1-14-2-3-16(12-17(14)21(23)24)18(22)20-6-4-15(5-7-20)13-19-8-10-25-11-9-19/h2-3,12,15H,4-11,13H2,1H3. The number of nitro benzene ring substituents is 1. The molecule has 0 unspecified atom stereocenters. The Morgan fingerprint density at radius 2 is 1.92 bits per heavy atom. The molecule has 136 valence electrons. The normalized spacial score (nSPS) is 19.8. The van der Waals surface area contributed by atoms with Crippen molar-refractivity contribution in [3.05, 3.63) is 39.4 Å². The summed E-state index contributed by atoms with van der Waals surface area (Å²) >= 11 is 0. The zero-order chi connectivity index (χ0) is 17.8. The molecule has 0 N–H and O–H groups in total. The number of hydrogen-bond acceptors (Lipinski definition) is 5. The van der Waals surface area contributed by atoms with Gasteiger partial charge < -0.3 is 9.64 Å². The Hall–Kier alpha value is -1.99. The SMILES string of the molecule is Cc1ccc(C(=O)N2CCC(CN3CCOCC3)CC2)cc1[N+](=O)[O-]. The van der Waals surface area contributed by atoms with E-state index in [0.717, 1.165) is 58.8 Å². The lowest BCUT2D eigenvalue weighted by Gasteiger charge is -2.36. The quantitative estimate of drug-likeness (QED) is 0.616. The average Bonchev–Trinajstić information content (AvgIpc) is 2.63. The summed E-state index contributed by atoms with van der Waals surface area (Å²) in [5.41, 5.74) is 0.989. The van der Waals surface area contributed by atoms with Gasteiger partial charge in [-0.05, 0) is 31.7 Å². The number of carbonyl (C=O) groups is 1. The van der Waals surface area contributed by atoms with E-state index in [1.54, 1.807) is 19.1 Å². The Morgan fingerprint density at radius 3 is 2.56 bits per heavy atom. The molecule has 0 aromatic heterocycles. The summed E-state index contributed by atoms with van der Waals surface area (Å²) in [5, 5.41) is 11.1. The fourth-order valence-corrected chi connectivity index (χ4v) is 3.59. The predicted molar refractivity (Wildman–Crippen MR) is 93.7 cm³/mol. The van der Waals surface area contributed by atoms with Gasteiger partial charge in [0.25, 0.3) is 11.6 Å². The number of hydrogen-bond donors (Lipinski definition) is 0. The highest BCUT2D eigenvalue weighted by Gasteiger charge is 2.26. The van der Waals surface area contributed by atoms with E-state index in [1.807, 2.05) is 4.90 Å². The summed E-state index contributed by atoms with van der Waals surface area (Å²) in [6, 6.07) is 4.73. The van der Waals surface area contributed by atoms with Crippen LogP contribution in [-0.4, -0.2) is 66.6 Å². The Balaban J connectivity index is 1.56. The minimum atomic E-state index is -0.430. The smallest absolute Gasteiger partial charge is 0.273 e. The van der Waals surface area contributed by atoms with Crippen LogP contribution in [0.2, 0.25) is 0 Å². The molecular weight excluding hydrogens is 322 g/mol. The summed E-state index contributed by atoms with van der Waals surface area (Å²) in [5.74, 6) is 0.502. The molecule has 0 atom stereocenters. The number of rotatable bonds is 4. The number of nitro groups is 1. The van der Waals surface area contributed by atoms with Crippen molar-refractivity contribution in [3.8, 4) is 0 Å². The first-order chi connectivity index (χ1) is 12.0. The maximum Gasteiger partial charge on any atom is 0.273 e. The molecular formula is C18H25N3O4. The molecule has 25 heavy (non-hydrogen) atoms. The number of amides is 1. The summed E-state index contributed by atoms with van der Waals surface area (Å²) in [7, 11) is 0. The number of morpholine rings is 1. The second-order valence-electron chi connectivity index (χ2n) is 6.91. The molecule has 2 aliphatic rings. The third kappa shape index (κ3) is 4.35. The van der Waals surface area contributed by atoms with E-state index in [1.165, 1.54) is 6.07 Å². The Bertz CT molecular complexity index is 635. The third-order valence-corrected chi connectivity index (χ3v) is 5.17. The molecule has 1 aromatic rings. The van der Waals surface area contributed by atoms with Gasteiger partial charge in [-0.25, -0.2) is 0 Å². The molecule has 2 saturated heterocycles. The van der Waals surface area contributed by atoms with Crippen LogP contribution in [0.5, 0.6) is 0 Å². The minimum absolute atomic E-state index is 0.00746. The number of benzene rings is 1. The van der Waals surface area contributed by atoms with Crippen LogP contribution >= 0.6 is 0 Å². The Labute approximate surface area is 147 Å². The molecule has 3 rings (SSSR count). The lowest BCUT2D eigenvalue weighted by molar-refractivity contribution is -0.385. The van der Waals surface area contributed by atoms with E-state index in [2.05, 4.69) is 4.90 Å². The van der Waals surface area contributed by atoms with Gasteiger partial charge >= 0.3 is 0 Å². The first-order valence-corrected chi connectivity index (χ1v) is 8.89. The fraction of sp³-hybridized carbons (Fsp3) is 0.611. The molecule has 0 spiro atoms. The molecule has 0 bridgehead atoms. The summed E-state index contributed by atoms with van der Waals surface area (Å²) in [6.07, 6.45) is 1.97. The third-order valence-electron chi connectivity index (χ3n) is 5.17. The maximum absolute atomic E-state index is 12.7. The van der Waals surface area contributed by atoms with E-state index in [-0.39, 0.29) is 11.6 Å². The monoisotopic (exact) mass is 347 g/mol. The minimum Gasteiger partial charge on any atom is -0.379 e. The molecule has 2 aliphatic heterocycles. The first-order valence-electron chi connectivity index (χ1n) is 8.89. The highest BCUT2D eigenvalue weighted by molar-refractivity contribution is 5.95. The van der Waals surface area contributed by atoms with Gasteiger partial charge in [-0.15, -0.1) is 0 Å². The van der Waals surface area contributed by atoms with Crippen LogP contribution in [0, 0.1) is 23.0 Å². The predicted octanol–water partition coefficient (Wildman–Crippen LogP) is 2.09. The Morgan fingerprint density at radius 1 is 1.24 bits per heavy atom. The number of likely N-dealkylation sites (tertiary alicyclic amines) is 1. The summed E-state index contributed by atoms with van der Waals surface area (Å²) in [4.78, 5) is 27.6. The summed E-state index contributed by atoms with van der Waals surface area (Å²) < 4.78 is 5.38. The summed E-state index contributed by atoms with van der Waals surface area (Å²) in [6.45, 7) is 7.79. The number of ether oxygens (including phenoxy) is 1. The van der Waals surface area contributed by atoms with Crippen LogP contribution in [-0.2, 0) is 4.74 Å². The van der Waals surface area contributed by atoms with Crippen molar-refractivity contribution in [2.75, 3.05) is 45.9 Å². The van der Waals surface area contributed by atoms with Gasteiger partial charge in [-0.1, -0.05) is 6.07 Å². The van der Waals surface area contributed by atoms with Crippen LogP contribution < -0.4 is 0 Å². The molecule has 1 amide bonds. The maximum atomic E-state index is 12.7. The average molecular weight is 347 g/mol. The largest absolute Gasteiger partial charge is 0.379 e. The van der Waals surface area contributed by atoms with E-state index < -0.39 is 4.92 Å². The van der Waals surface area contributed by atoms with Gasteiger partial charge in [0.05, 0.1) is 18.1 Å². The van der Waals surface area contributed by atoms with Crippen molar-refractivity contribution in [1.29, 1.82) is 0 Å². The van der Waals surface area contributed by atoms with E-state index in [9.17, 15) is 14.9 Å². The van der Waals surface area contributed by atoms with Gasteiger partial charge in [0, 0.05) is 49.9 Å². The second-order valence-corrected chi connectivity index (χ2v) is 6.91. The number of aryl methyl sites for hydroxylation is 1. The van der Waals surface area contributed by atoms with Gasteiger partial charge in [0.1, 0.15) is 0 Å². The fourth-order valence-electron chi connectivity index (χ4n) is 3.59. The molecule has 7 nitrogen and oxygen atoms in total. The van der Waals surface area contributed by atoms with Crippen LogP contribution in [0.1, 0.15) is 28.8 Å². The van der Waals surface area contributed by atoms with Crippen molar-refractivity contribution in [2.45, 2.75) is 19.8 Å². The van der Waals surface area contributed by atoms with Crippen LogP contribution in [0.3, 0.4) is 0 Å². The zero-order valence-corrected chi connectivity index (χ0v) is 14.6. The molecule has 0 aliphatic carbocycles. The van der Waals surface area contributed by atoms with Crippen molar-refractivity contribution in [1.82, 2.24) is 9.80 Å². The number of piperidine rings is 1.